The molecule has 3 heterocycles. The largest absolute Gasteiger partial charge is 0.488 e. The third-order valence-electron chi connectivity index (χ3n) is 6.74. The van der Waals surface area contributed by atoms with E-state index in [2.05, 4.69) is 15.3 Å². The lowest BCUT2D eigenvalue weighted by Gasteiger charge is -2.33. The Hall–Kier alpha value is -4.29. The number of nitrogens with zero attached hydrogens (tertiary/aromatic N) is 3. The van der Waals surface area contributed by atoms with Crippen molar-refractivity contribution < 1.29 is 32.3 Å². The number of amides is 4. The average molecular weight is 604 g/mol. The number of hydrazine groups is 1. The van der Waals surface area contributed by atoms with Crippen LogP contribution in [0.4, 0.5) is 18.0 Å². The third-order valence-corrected chi connectivity index (χ3v) is 7.27. The van der Waals surface area contributed by atoms with Gasteiger partial charge in [0.15, 0.2) is 0 Å². The van der Waals surface area contributed by atoms with Crippen LogP contribution in [-0.4, -0.2) is 44.4 Å². The highest BCUT2D eigenvalue weighted by atomic mass is 35.5. The van der Waals surface area contributed by atoms with Crippen LogP contribution in [0.5, 0.6) is 5.75 Å². The van der Waals surface area contributed by atoms with Gasteiger partial charge in [0.05, 0.1) is 40.3 Å². The monoisotopic (exact) mass is 603 g/mol. The molecule has 9 nitrogen and oxygen atoms in total. The van der Waals surface area contributed by atoms with Crippen molar-refractivity contribution in [1.29, 1.82) is 0 Å². The number of rotatable bonds is 5. The number of nitrogens with one attached hydrogen (secondary N) is 2. The van der Waals surface area contributed by atoms with E-state index in [0.717, 1.165) is 17.7 Å². The summed E-state index contributed by atoms with van der Waals surface area (Å²) in [4.78, 5) is 43.9. The molecule has 2 aliphatic heterocycles. The summed E-state index contributed by atoms with van der Waals surface area (Å²) < 4.78 is 45.9. The highest BCUT2D eigenvalue weighted by Crippen LogP contribution is 2.38. The van der Waals surface area contributed by atoms with Crippen LogP contribution >= 0.6 is 23.2 Å². The molecule has 6 rings (SSSR count). The second-order valence-corrected chi connectivity index (χ2v) is 10.3. The highest BCUT2D eigenvalue weighted by molar-refractivity contribution is 6.35. The zero-order chi connectivity index (χ0) is 29.1. The number of alkyl halides is 3. The van der Waals surface area contributed by atoms with Crippen LogP contribution in [0.15, 0.2) is 48.5 Å². The van der Waals surface area contributed by atoms with Gasteiger partial charge in [0.2, 0.25) is 5.91 Å². The lowest BCUT2D eigenvalue weighted by Crippen LogP contribution is -2.56. The fraction of sp³-hybridized carbons (Fsp3) is 0.185. The predicted molar refractivity (Wildman–Crippen MR) is 142 cm³/mol. The number of halogens is 5. The molecule has 4 aromatic rings. The molecule has 0 radical (unpaired) electrons. The van der Waals surface area contributed by atoms with Gasteiger partial charge in [-0.1, -0.05) is 29.3 Å². The number of hydrogen-bond donors (Lipinski definition) is 2. The van der Waals surface area contributed by atoms with Crippen molar-refractivity contribution in [1.82, 2.24) is 25.3 Å². The van der Waals surface area contributed by atoms with E-state index in [0.29, 0.717) is 27.5 Å². The van der Waals surface area contributed by atoms with E-state index in [-0.39, 0.29) is 53.9 Å². The maximum absolute atomic E-state index is 13.3. The minimum atomic E-state index is -4.59. The Morgan fingerprint density at radius 2 is 1.78 bits per heavy atom. The standard InChI is InChI=1S/C27H18Cl2F3N5O4/c28-16-2-4-21(18(10-16)24-33-20-9-15(27(30,31)32)8-19(29)23(20)35-24)41-12-13-1-3-17-14(7-13)11-37(25(17)39)36-6-5-22(38)34-26(36)40/h1-4,7-10H,5-6,11-12H2,(H,33,35)(H,34,38,40). The van der Waals surface area contributed by atoms with Crippen molar-refractivity contribution >= 4 is 52.1 Å². The number of benzene rings is 3. The van der Waals surface area contributed by atoms with Crippen molar-refractivity contribution in [2.24, 2.45) is 0 Å². The molecule has 1 saturated heterocycles. The fourth-order valence-corrected chi connectivity index (χ4v) is 5.20. The fourth-order valence-electron chi connectivity index (χ4n) is 4.77. The number of imide groups is 1. The number of carbonyl (C=O) groups excluding carboxylic acids is 3. The van der Waals surface area contributed by atoms with Crippen LogP contribution in [0, 0.1) is 0 Å². The zero-order valence-electron chi connectivity index (χ0n) is 20.8. The Balaban J connectivity index is 1.24. The first-order chi connectivity index (χ1) is 19.5. The summed E-state index contributed by atoms with van der Waals surface area (Å²) in [5.41, 5.74) is 1.60. The van der Waals surface area contributed by atoms with Gasteiger partial charge in [0.1, 0.15) is 18.2 Å². The quantitative estimate of drug-likeness (QED) is 0.293. The molecular weight excluding hydrogens is 586 g/mol. The summed E-state index contributed by atoms with van der Waals surface area (Å²) in [5.74, 6) is -0.178. The molecule has 0 saturated carbocycles. The second-order valence-electron chi connectivity index (χ2n) is 9.45. The number of ether oxygens (including phenoxy) is 1. The van der Waals surface area contributed by atoms with Gasteiger partial charge < -0.3 is 9.72 Å². The molecule has 14 heteroatoms. The first kappa shape index (κ1) is 26.9. The first-order valence-electron chi connectivity index (χ1n) is 12.2. The molecule has 4 amide bonds. The third kappa shape index (κ3) is 5.04. The Labute approximate surface area is 239 Å². The number of carbonyl (C=O) groups is 3. The number of aromatic nitrogens is 2. The smallest absolute Gasteiger partial charge is 0.416 e. The molecule has 3 aromatic carbocycles. The molecule has 0 bridgehead atoms. The van der Waals surface area contributed by atoms with Gasteiger partial charge in [0, 0.05) is 17.0 Å². The van der Waals surface area contributed by atoms with Crippen LogP contribution in [0.2, 0.25) is 10.0 Å². The summed E-state index contributed by atoms with van der Waals surface area (Å²) in [5, 5.41) is 4.95. The van der Waals surface area contributed by atoms with E-state index in [1.165, 1.54) is 10.0 Å². The Morgan fingerprint density at radius 1 is 0.976 bits per heavy atom. The Morgan fingerprint density at radius 3 is 2.54 bits per heavy atom. The van der Waals surface area contributed by atoms with E-state index >= 15 is 0 Å². The topological polar surface area (TPSA) is 108 Å². The molecule has 0 unspecified atom stereocenters. The van der Waals surface area contributed by atoms with Gasteiger partial charge in [-0.3, -0.25) is 14.9 Å². The van der Waals surface area contributed by atoms with Crippen LogP contribution in [0.3, 0.4) is 0 Å². The normalized spacial score (nSPS) is 15.5. The molecule has 2 aliphatic rings. The Kier molecular flexibility index (Phi) is 6.54. The second kappa shape index (κ2) is 9.96. The van der Waals surface area contributed by atoms with Crippen LogP contribution in [0.25, 0.3) is 22.4 Å². The van der Waals surface area contributed by atoms with E-state index in [9.17, 15) is 27.6 Å². The number of H-pyrrole nitrogens is 1. The number of hydrogen-bond acceptors (Lipinski definition) is 5. The summed E-state index contributed by atoms with van der Waals surface area (Å²) >= 11 is 12.3. The van der Waals surface area contributed by atoms with E-state index in [1.807, 2.05) is 0 Å². The molecular formula is C27H18Cl2F3N5O4. The number of imidazole rings is 1. The van der Waals surface area contributed by atoms with Crippen molar-refractivity contribution in [2.75, 3.05) is 6.54 Å². The molecule has 1 aromatic heterocycles. The van der Waals surface area contributed by atoms with Crippen molar-refractivity contribution in [2.45, 2.75) is 25.7 Å². The lowest BCUT2D eigenvalue weighted by molar-refractivity contribution is -0.137. The maximum Gasteiger partial charge on any atom is 0.416 e. The van der Waals surface area contributed by atoms with Crippen molar-refractivity contribution in [3.63, 3.8) is 0 Å². The minimum Gasteiger partial charge on any atom is -0.488 e. The molecule has 210 valence electrons. The molecule has 0 atom stereocenters. The first-order valence-corrected chi connectivity index (χ1v) is 13.0. The predicted octanol–water partition coefficient (Wildman–Crippen LogP) is 5.95. The highest BCUT2D eigenvalue weighted by Gasteiger charge is 2.37. The SMILES string of the molecule is O=C1CCN(N2Cc3cc(COc4ccc(Cl)cc4-c4nc5cc(C(F)(F)F)cc(Cl)c5[nH]4)ccc3C2=O)C(=O)N1. The molecule has 1 fully saturated rings. The molecule has 0 aliphatic carbocycles. The van der Waals surface area contributed by atoms with Crippen molar-refractivity contribution in [3.05, 3.63) is 80.8 Å². The molecule has 2 N–H and O–H groups in total. The summed E-state index contributed by atoms with van der Waals surface area (Å²) in [6.07, 6.45) is -4.49. The summed E-state index contributed by atoms with van der Waals surface area (Å²) in [6, 6.07) is 11.0. The van der Waals surface area contributed by atoms with Crippen LogP contribution < -0.4 is 10.1 Å². The van der Waals surface area contributed by atoms with E-state index in [4.69, 9.17) is 27.9 Å². The summed E-state index contributed by atoms with van der Waals surface area (Å²) in [6.45, 7) is 0.327. The number of aromatic amines is 1. The number of urea groups is 1. The molecule has 41 heavy (non-hydrogen) atoms. The molecule has 0 spiro atoms. The van der Waals surface area contributed by atoms with Gasteiger partial charge >= 0.3 is 12.2 Å². The number of fused-ring (bicyclic) bond motifs is 2. The van der Waals surface area contributed by atoms with Gasteiger partial charge in [-0.05, 0) is 53.6 Å². The van der Waals surface area contributed by atoms with Crippen molar-refractivity contribution in [3.8, 4) is 17.1 Å². The van der Waals surface area contributed by atoms with Crippen LogP contribution in [-0.2, 0) is 24.1 Å². The lowest BCUT2D eigenvalue weighted by atomic mass is 10.1. The summed E-state index contributed by atoms with van der Waals surface area (Å²) in [7, 11) is 0. The van der Waals surface area contributed by atoms with Gasteiger partial charge in [-0.15, -0.1) is 0 Å². The minimum absolute atomic E-state index is 0.0327. The van der Waals surface area contributed by atoms with Gasteiger partial charge in [-0.25, -0.2) is 19.8 Å². The maximum atomic E-state index is 13.3. The average Bonchev–Trinajstić information content (AvgIpc) is 3.49. The van der Waals surface area contributed by atoms with Gasteiger partial charge in [-0.2, -0.15) is 13.2 Å². The Bertz CT molecular complexity index is 1760. The van der Waals surface area contributed by atoms with Crippen LogP contribution in [0.1, 0.15) is 33.5 Å². The van der Waals surface area contributed by atoms with E-state index in [1.54, 1.807) is 36.4 Å². The zero-order valence-corrected chi connectivity index (χ0v) is 22.3. The van der Waals surface area contributed by atoms with E-state index < -0.39 is 23.7 Å². The van der Waals surface area contributed by atoms with Gasteiger partial charge in [0.25, 0.3) is 5.91 Å².